The average molecular weight is 421 g/mol. The monoisotopic (exact) mass is 420 g/mol. The van der Waals surface area contributed by atoms with Crippen LogP contribution in [0, 0.1) is 0 Å². The molecule has 0 spiro atoms. The molecule has 3 aromatic rings. The van der Waals surface area contributed by atoms with E-state index in [0.29, 0.717) is 0 Å². The highest BCUT2D eigenvalue weighted by molar-refractivity contribution is 7.24. The molecule has 2 N–H and O–H groups in total. The van der Waals surface area contributed by atoms with Gasteiger partial charge in [0.05, 0.1) is 20.4 Å². The molecule has 0 radical (unpaired) electrons. The first-order valence-electron chi connectivity index (χ1n) is 10.3. The number of likely N-dealkylation sites (N-methyl/N-ethyl adjacent to an activating group) is 2. The maximum Gasteiger partial charge on any atom is 0.183 e. The molecule has 0 atom stereocenters. The van der Waals surface area contributed by atoms with E-state index in [-0.39, 0.29) is 0 Å². The number of hydrogen-bond donors (Lipinski definition) is 2. The Morgan fingerprint density at radius 3 is 1.54 bits per heavy atom. The highest BCUT2D eigenvalue weighted by Crippen LogP contribution is 2.33. The molecule has 1 aromatic carbocycles. The summed E-state index contributed by atoms with van der Waals surface area (Å²) in [6.07, 6.45) is 0. The minimum Gasteiger partial charge on any atom is -0.360 e. The molecule has 154 valence electrons. The Bertz CT molecular complexity index is 747. The van der Waals surface area contributed by atoms with Gasteiger partial charge in [-0.05, 0) is 38.3 Å². The number of fused-ring (bicyclic) bond motifs is 2. The van der Waals surface area contributed by atoms with Crippen LogP contribution in [0.2, 0.25) is 0 Å². The van der Waals surface area contributed by atoms with Gasteiger partial charge in [-0.1, -0.05) is 50.4 Å². The van der Waals surface area contributed by atoms with Gasteiger partial charge in [0.2, 0.25) is 0 Å². The van der Waals surface area contributed by atoms with Gasteiger partial charge in [-0.3, -0.25) is 0 Å². The summed E-state index contributed by atoms with van der Waals surface area (Å²) in [7, 11) is 0. The summed E-state index contributed by atoms with van der Waals surface area (Å²) in [5.74, 6) is 0. The molecule has 0 unspecified atom stereocenters. The second-order valence-corrected chi connectivity index (χ2v) is 8.79. The van der Waals surface area contributed by atoms with Crippen LogP contribution in [0.4, 0.5) is 10.3 Å². The number of hydrogen-bond acceptors (Lipinski definition) is 8. The standard InChI is InChI=1S/C20H32N6S2/c1-5-25(6-2)11-9-21-19-23-15-13-16-18(14-17(15)27-19)28-20(24-16)22-10-12-26(7-3)8-4/h13-14H,5-12H2,1-4H3,(H,21,23)(H,22,24). The minimum absolute atomic E-state index is 0.925. The maximum absolute atomic E-state index is 4.75. The first-order chi connectivity index (χ1) is 13.7. The number of nitrogens with one attached hydrogen (secondary N) is 2. The quantitative estimate of drug-likeness (QED) is 0.453. The Morgan fingerprint density at radius 2 is 1.14 bits per heavy atom. The molecule has 28 heavy (non-hydrogen) atoms. The smallest absolute Gasteiger partial charge is 0.183 e. The third kappa shape index (κ3) is 5.31. The molecule has 8 heteroatoms. The second kappa shape index (κ2) is 10.3. The topological polar surface area (TPSA) is 56.3 Å². The van der Waals surface area contributed by atoms with Crippen molar-refractivity contribution < 1.29 is 0 Å². The summed E-state index contributed by atoms with van der Waals surface area (Å²) in [4.78, 5) is 14.3. The first-order valence-corrected chi connectivity index (χ1v) is 11.9. The molecular formula is C20H32N6S2. The van der Waals surface area contributed by atoms with Gasteiger partial charge >= 0.3 is 0 Å². The van der Waals surface area contributed by atoms with E-state index < -0.39 is 0 Å². The van der Waals surface area contributed by atoms with Gasteiger partial charge in [0.15, 0.2) is 10.3 Å². The molecule has 0 aliphatic carbocycles. The summed E-state index contributed by atoms with van der Waals surface area (Å²) in [5, 5.41) is 8.94. The predicted octanol–water partition coefficient (Wildman–Crippen LogP) is 4.41. The van der Waals surface area contributed by atoms with Crippen molar-refractivity contribution in [3.8, 4) is 0 Å². The zero-order valence-corrected chi connectivity index (χ0v) is 19.0. The lowest BCUT2D eigenvalue weighted by Gasteiger charge is -2.17. The predicted molar refractivity (Wildman–Crippen MR) is 125 cm³/mol. The highest BCUT2D eigenvalue weighted by Gasteiger charge is 2.10. The van der Waals surface area contributed by atoms with Crippen LogP contribution >= 0.6 is 22.7 Å². The second-order valence-electron chi connectivity index (χ2n) is 6.73. The van der Waals surface area contributed by atoms with Crippen LogP contribution in [0.1, 0.15) is 27.7 Å². The minimum atomic E-state index is 0.925. The van der Waals surface area contributed by atoms with E-state index in [1.54, 1.807) is 22.7 Å². The fourth-order valence-corrected chi connectivity index (χ4v) is 5.12. The molecular weight excluding hydrogens is 388 g/mol. The Balaban J connectivity index is 1.62. The third-order valence-electron chi connectivity index (χ3n) is 5.10. The molecule has 2 heterocycles. The lowest BCUT2D eigenvalue weighted by molar-refractivity contribution is 0.316. The van der Waals surface area contributed by atoms with Crippen LogP contribution in [0.25, 0.3) is 20.4 Å². The first kappa shape index (κ1) is 21.2. The number of nitrogens with zero attached hydrogens (tertiary/aromatic N) is 4. The molecule has 0 saturated heterocycles. The van der Waals surface area contributed by atoms with E-state index in [1.807, 2.05) is 0 Å². The van der Waals surface area contributed by atoms with E-state index in [4.69, 9.17) is 9.97 Å². The van der Waals surface area contributed by atoms with Gasteiger partial charge in [0.1, 0.15) is 0 Å². The number of rotatable bonds is 12. The normalized spacial score (nSPS) is 11.9. The van der Waals surface area contributed by atoms with Gasteiger partial charge in [-0.15, -0.1) is 0 Å². The molecule has 0 saturated carbocycles. The molecule has 0 bridgehead atoms. The fraction of sp³-hybridized carbons (Fsp3) is 0.600. The Hall–Kier alpha value is -1.48. The maximum atomic E-state index is 4.75. The van der Waals surface area contributed by atoms with Gasteiger partial charge in [0, 0.05) is 26.2 Å². The molecule has 0 aliphatic rings. The van der Waals surface area contributed by atoms with Crippen molar-refractivity contribution in [2.24, 2.45) is 0 Å². The fourth-order valence-electron chi connectivity index (χ4n) is 3.22. The third-order valence-corrected chi connectivity index (χ3v) is 7.05. The van der Waals surface area contributed by atoms with Crippen LogP contribution < -0.4 is 10.6 Å². The summed E-state index contributed by atoms with van der Waals surface area (Å²) >= 11 is 3.45. The zero-order valence-electron chi connectivity index (χ0n) is 17.4. The molecule has 2 aromatic heterocycles. The summed E-state index contributed by atoms with van der Waals surface area (Å²) in [6.45, 7) is 17.1. The summed E-state index contributed by atoms with van der Waals surface area (Å²) in [6, 6.07) is 4.34. The summed E-state index contributed by atoms with van der Waals surface area (Å²) in [5.41, 5.74) is 2.06. The van der Waals surface area contributed by atoms with E-state index in [9.17, 15) is 0 Å². The van der Waals surface area contributed by atoms with Crippen LogP contribution in [0.15, 0.2) is 12.1 Å². The van der Waals surface area contributed by atoms with Crippen molar-refractivity contribution in [3.63, 3.8) is 0 Å². The van der Waals surface area contributed by atoms with Crippen LogP contribution in [-0.2, 0) is 0 Å². The lowest BCUT2D eigenvalue weighted by atomic mass is 10.3. The SMILES string of the molecule is CCN(CC)CCNc1nc2cc3nc(NCCN(CC)CC)sc3cc2s1. The average Bonchev–Trinajstić information content (AvgIpc) is 3.28. The van der Waals surface area contributed by atoms with Gasteiger partial charge in [-0.2, -0.15) is 0 Å². The van der Waals surface area contributed by atoms with Crippen LogP contribution in [0.3, 0.4) is 0 Å². The largest absolute Gasteiger partial charge is 0.360 e. The van der Waals surface area contributed by atoms with Crippen molar-refractivity contribution in [2.75, 3.05) is 63.0 Å². The number of benzene rings is 1. The molecule has 6 nitrogen and oxygen atoms in total. The van der Waals surface area contributed by atoms with Crippen molar-refractivity contribution in [2.45, 2.75) is 27.7 Å². The van der Waals surface area contributed by atoms with Gasteiger partial charge in [0.25, 0.3) is 0 Å². The summed E-state index contributed by atoms with van der Waals surface area (Å²) < 4.78 is 2.44. The Labute approximate surface area is 176 Å². The number of aromatic nitrogens is 2. The number of thiazole rings is 2. The lowest BCUT2D eigenvalue weighted by Crippen LogP contribution is -2.28. The van der Waals surface area contributed by atoms with E-state index >= 15 is 0 Å². The number of anilines is 2. The van der Waals surface area contributed by atoms with Crippen molar-refractivity contribution in [1.29, 1.82) is 0 Å². The highest BCUT2D eigenvalue weighted by atomic mass is 32.1. The van der Waals surface area contributed by atoms with E-state index in [0.717, 1.165) is 73.7 Å². The molecule has 0 amide bonds. The molecule has 0 fully saturated rings. The van der Waals surface area contributed by atoms with Crippen molar-refractivity contribution >= 4 is 53.4 Å². The Morgan fingerprint density at radius 1 is 0.714 bits per heavy atom. The van der Waals surface area contributed by atoms with Crippen LogP contribution in [0.5, 0.6) is 0 Å². The van der Waals surface area contributed by atoms with E-state index in [2.05, 4.69) is 60.3 Å². The zero-order chi connectivity index (χ0) is 19.9. The van der Waals surface area contributed by atoms with Crippen molar-refractivity contribution in [3.05, 3.63) is 12.1 Å². The van der Waals surface area contributed by atoms with Gasteiger partial charge in [-0.25, -0.2) is 9.97 Å². The Kier molecular flexibility index (Phi) is 7.84. The molecule has 3 rings (SSSR count). The van der Waals surface area contributed by atoms with Gasteiger partial charge < -0.3 is 20.4 Å². The van der Waals surface area contributed by atoms with E-state index in [1.165, 1.54) is 9.40 Å². The molecule has 0 aliphatic heterocycles. The van der Waals surface area contributed by atoms with Crippen LogP contribution in [-0.4, -0.2) is 72.1 Å². The van der Waals surface area contributed by atoms with Crippen molar-refractivity contribution in [1.82, 2.24) is 19.8 Å².